The van der Waals surface area contributed by atoms with Gasteiger partial charge in [-0.1, -0.05) is 187 Å². The normalized spacial score (nSPS) is 29.3. The lowest BCUT2D eigenvalue weighted by Crippen LogP contribution is -2.66. The molecule has 0 spiro atoms. The van der Waals surface area contributed by atoms with E-state index in [4.69, 9.17) is 28.4 Å². The number of hydrogen-bond donors (Lipinski definition) is 12. The first-order valence-electron chi connectivity index (χ1n) is 32.6. The Morgan fingerprint density at radius 3 is 1.29 bits per heavy atom. The van der Waals surface area contributed by atoms with Gasteiger partial charge in [0.1, 0.15) is 73.2 Å². The van der Waals surface area contributed by atoms with Crippen LogP contribution in [0.15, 0.2) is 109 Å². The molecule has 19 heteroatoms. The Morgan fingerprint density at radius 2 is 0.805 bits per heavy atom. The van der Waals surface area contributed by atoms with Crippen molar-refractivity contribution >= 4 is 5.91 Å². The summed E-state index contributed by atoms with van der Waals surface area (Å²) in [5, 5.41) is 120. The van der Waals surface area contributed by atoms with Crippen LogP contribution in [0.3, 0.4) is 0 Å². The Morgan fingerprint density at radius 1 is 0.425 bits per heavy atom. The summed E-state index contributed by atoms with van der Waals surface area (Å²) in [6, 6.07) is -1.01. The van der Waals surface area contributed by atoms with Gasteiger partial charge in [-0.15, -0.1) is 0 Å². The van der Waals surface area contributed by atoms with Crippen molar-refractivity contribution in [3.8, 4) is 0 Å². The lowest BCUT2D eigenvalue weighted by Gasteiger charge is -2.48. The highest BCUT2D eigenvalue weighted by Gasteiger charge is 2.53. The molecule has 0 saturated carbocycles. The van der Waals surface area contributed by atoms with E-state index in [1.165, 1.54) is 44.9 Å². The van der Waals surface area contributed by atoms with Gasteiger partial charge in [-0.25, -0.2) is 0 Å². The Bertz CT molecular complexity index is 2000. The van der Waals surface area contributed by atoms with E-state index in [0.29, 0.717) is 12.8 Å². The number of rotatable bonds is 47. The standard InChI is InChI=1S/C68H113NO18/c1-3-5-7-9-11-13-15-17-19-21-22-23-24-25-26-27-28-30-32-34-36-38-40-42-44-46-56(74)69-51(52(73)45-43-41-39-37-35-33-31-29-20-18-16-14-12-10-8-6-4-2)50-82-66-62(80)59(77)64(54(48-71)84-66)87-68-63(81)60(78)65(55(49-72)85-68)86-67-61(79)58(76)57(75)53(47-70)83-67/h5,7,11,13,17,19-20,22-23,25-26,28-30,35,37,43,45,51-55,57-68,70-73,75-81H,3-4,6,8-10,12,14-16,18,21,24,27,31-34,36,38-42,44,46-50H2,1-2H3,(H,69,74)/b7-5-,13-11-,19-17-,23-22-,26-25-,29-20+,30-28-,37-35+,45-43+. The van der Waals surface area contributed by atoms with E-state index in [-0.39, 0.29) is 18.9 Å². The molecule has 3 saturated heterocycles. The molecular formula is C68H113NO18. The van der Waals surface area contributed by atoms with Crippen molar-refractivity contribution in [3.63, 3.8) is 0 Å². The van der Waals surface area contributed by atoms with Gasteiger partial charge in [-0.3, -0.25) is 4.79 Å². The Labute approximate surface area is 519 Å². The number of carbonyl (C=O) groups excluding carboxylic acids is 1. The van der Waals surface area contributed by atoms with Crippen LogP contribution in [-0.2, 0) is 33.2 Å². The lowest BCUT2D eigenvalue weighted by atomic mass is 9.96. The van der Waals surface area contributed by atoms with Gasteiger partial charge in [0.25, 0.3) is 0 Å². The van der Waals surface area contributed by atoms with Crippen molar-refractivity contribution in [1.29, 1.82) is 0 Å². The number of nitrogens with one attached hydrogen (secondary N) is 1. The van der Waals surface area contributed by atoms with Crippen molar-refractivity contribution < 1.29 is 89.4 Å². The van der Waals surface area contributed by atoms with E-state index in [9.17, 15) is 61.0 Å². The first kappa shape index (κ1) is 77.7. The van der Waals surface area contributed by atoms with Crippen molar-refractivity contribution in [3.05, 3.63) is 109 Å². The molecule has 0 bridgehead atoms. The topological polar surface area (TPSA) is 307 Å². The summed E-state index contributed by atoms with van der Waals surface area (Å²) in [4.78, 5) is 13.4. The maximum absolute atomic E-state index is 13.4. The van der Waals surface area contributed by atoms with Crippen molar-refractivity contribution in [2.45, 2.75) is 285 Å². The molecule has 3 aliphatic heterocycles. The third-order valence-electron chi connectivity index (χ3n) is 15.5. The van der Waals surface area contributed by atoms with Gasteiger partial charge in [-0.2, -0.15) is 0 Å². The lowest BCUT2D eigenvalue weighted by molar-refractivity contribution is -0.379. The molecule has 17 atom stereocenters. The fraction of sp³-hybridized carbons (Fsp3) is 0.721. The van der Waals surface area contributed by atoms with Gasteiger partial charge in [0.05, 0.1) is 38.6 Å². The number of amides is 1. The third kappa shape index (κ3) is 31.8. The molecule has 0 aliphatic carbocycles. The Balaban J connectivity index is 1.48. The summed E-state index contributed by atoms with van der Waals surface area (Å²) in [5.41, 5.74) is 0. The maximum atomic E-state index is 13.4. The SMILES string of the molecule is CC/C=C\C/C=C\C/C=C\C/C=C\C/C=C\C/C=C\CCCCCCCCC(=O)NC(COC1OC(CO)C(OC2OC(CO)C(OC3OC(CO)C(O)C(O)C3O)C(O)C2O)C(O)C1O)C(O)/C=C/CC/C=C/CC/C=C/CCCCCCCCC. The summed E-state index contributed by atoms with van der Waals surface area (Å²) >= 11 is 0. The first-order chi connectivity index (χ1) is 42.3. The minimum atomic E-state index is -1.99. The second kappa shape index (κ2) is 49.2. The van der Waals surface area contributed by atoms with Gasteiger partial charge < -0.3 is 89.9 Å². The maximum Gasteiger partial charge on any atom is 0.220 e. The minimum Gasteiger partial charge on any atom is -0.394 e. The summed E-state index contributed by atoms with van der Waals surface area (Å²) in [6.45, 7) is 1.54. The van der Waals surface area contributed by atoms with Crippen LogP contribution in [0.1, 0.15) is 181 Å². The average Bonchev–Trinajstić information content (AvgIpc) is 1.15. The van der Waals surface area contributed by atoms with E-state index in [1.807, 2.05) is 6.08 Å². The molecule has 0 radical (unpaired) electrons. The van der Waals surface area contributed by atoms with Crippen molar-refractivity contribution in [2.24, 2.45) is 0 Å². The highest BCUT2D eigenvalue weighted by atomic mass is 16.8. The Kier molecular flexibility index (Phi) is 43.9. The van der Waals surface area contributed by atoms with E-state index < -0.39 is 124 Å². The molecule has 1 amide bonds. The molecule has 3 aliphatic rings. The number of hydrogen-bond acceptors (Lipinski definition) is 18. The fourth-order valence-corrected chi connectivity index (χ4v) is 10.2. The molecule has 3 rings (SSSR count). The summed E-state index contributed by atoms with van der Waals surface area (Å²) < 4.78 is 34.3. The smallest absolute Gasteiger partial charge is 0.220 e. The summed E-state index contributed by atoms with van der Waals surface area (Å²) in [7, 11) is 0. The summed E-state index contributed by atoms with van der Waals surface area (Å²) in [6.07, 6.45) is 37.7. The largest absolute Gasteiger partial charge is 0.394 e. The molecule has 0 aromatic heterocycles. The molecule has 87 heavy (non-hydrogen) atoms. The first-order valence-corrected chi connectivity index (χ1v) is 32.6. The third-order valence-corrected chi connectivity index (χ3v) is 15.5. The van der Waals surface area contributed by atoms with Gasteiger partial charge in [-0.05, 0) is 96.3 Å². The van der Waals surface area contributed by atoms with Crippen LogP contribution in [0.4, 0.5) is 0 Å². The van der Waals surface area contributed by atoms with Gasteiger partial charge >= 0.3 is 0 Å². The van der Waals surface area contributed by atoms with Crippen LogP contribution in [0.5, 0.6) is 0 Å². The number of ether oxygens (including phenoxy) is 6. The molecule has 17 unspecified atom stereocenters. The molecule has 19 nitrogen and oxygen atoms in total. The van der Waals surface area contributed by atoms with Gasteiger partial charge in [0, 0.05) is 6.42 Å². The molecular weight excluding hydrogens is 1120 g/mol. The van der Waals surface area contributed by atoms with Gasteiger partial charge in [0.15, 0.2) is 18.9 Å². The number of aliphatic hydroxyl groups excluding tert-OH is 11. The molecule has 0 aromatic carbocycles. The zero-order valence-electron chi connectivity index (χ0n) is 52.2. The second-order valence-electron chi connectivity index (χ2n) is 22.8. The molecule has 3 heterocycles. The zero-order valence-corrected chi connectivity index (χ0v) is 52.2. The molecule has 498 valence electrons. The van der Waals surface area contributed by atoms with E-state index >= 15 is 0 Å². The predicted molar refractivity (Wildman–Crippen MR) is 337 cm³/mol. The molecule has 0 aromatic rings. The Hall–Kier alpha value is -3.55. The van der Waals surface area contributed by atoms with Crippen LogP contribution in [0, 0.1) is 0 Å². The molecule has 3 fully saturated rings. The number of aliphatic hydroxyl groups is 11. The highest BCUT2D eigenvalue weighted by Crippen LogP contribution is 2.33. The van der Waals surface area contributed by atoms with Crippen molar-refractivity contribution in [1.82, 2.24) is 5.32 Å². The predicted octanol–water partition coefficient (Wildman–Crippen LogP) is 7.49. The van der Waals surface area contributed by atoms with Crippen LogP contribution < -0.4 is 5.32 Å². The van der Waals surface area contributed by atoms with E-state index in [0.717, 1.165) is 103 Å². The second-order valence-corrected chi connectivity index (χ2v) is 22.8. The quantitative estimate of drug-likeness (QED) is 0.0207. The number of carbonyl (C=O) groups is 1. The van der Waals surface area contributed by atoms with Crippen LogP contribution in [0.2, 0.25) is 0 Å². The van der Waals surface area contributed by atoms with Gasteiger partial charge in [0.2, 0.25) is 5.91 Å². The van der Waals surface area contributed by atoms with Crippen molar-refractivity contribution in [2.75, 3.05) is 26.4 Å². The fourth-order valence-electron chi connectivity index (χ4n) is 10.2. The average molecular weight is 1230 g/mol. The zero-order chi connectivity index (χ0) is 63.3. The van der Waals surface area contributed by atoms with Crippen LogP contribution in [0.25, 0.3) is 0 Å². The molecule has 12 N–H and O–H groups in total. The van der Waals surface area contributed by atoms with Crippen LogP contribution >= 0.6 is 0 Å². The van der Waals surface area contributed by atoms with E-state index in [2.05, 4.69) is 116 Å². The van der Waals surface area contributed by atoms with Crippen LogP contribution in [-0.4, -0.2) is 193 Å². The van der Waals surface area contributed by atoms with E-state index in [1.54, 1.807) is 6.08 Å². The number of allylic oxidation sites excluding steroid dienone is 17. The number of unbranched alkanes of at least 4 members (excludes halogenated alkanes) is 15. The summed E-state index contributed by atoms with van der Waals surface area (Å²) in [5.74, 6) is -0.310. The monoisotopic (exact) mass is 1230 g/mol. The highest BCUT2D eigenvalue weighted by molar-refractivity contribution is 5.76. The minimum absolute atomic E-state index is 0.207.